The minimum atomic E-state index is -0.224. The second-order valence-corrected chi connectivity index (χ2v) is 5.70. The Labute approximate surface area is 131 Å². The van der Waals surface area contributed by atoms with E-state index in [1.807, 2.05) is 12.1 Å². The predicted octanol–water partition coefficient (Wildman–Crippen LogP) is 2.12. The van der Waals surface area contributed by atoms with Crippen LogP contribution in [0.5, 0.6) is 0 Å². The van der Waals surface area contributed by atoms with Gasteiger partial charge in [0.15, 0.2) is 5.69 Å². The molecule has 21 heavy (non-hydrogen) atoms. The number of hydrogen-bond acceptors (Lipinski definition) is 4. The molecule has 1 amide bonds. The van der Waals surface area contributed by atoms with Crippen molar-refractivity contribution < 1.29 is 4.79 Å². The highest BCUT2D eigenvalue weighted by molar-refractivity contribution is 6.36. The second kappa shape index (κ2) is 5.91. The van der Waals surface area contributed by atoms with Crippen LogP contribution in [0.15, 0.2) is 24.4 Å². The summed E-state index contributed by atoms with van der Waals surface area (Å²) in [6.07, 6.45) is 2.25. The van der Waals surface area contributed by atoms with Crippen molar-refractivity contribution in [1.82, 2.24) is 20.7 Å². The number of aromatic amines is 1. The van der Waals surface area contributed by atoms with Gasteiger partial charge in [-0.3, -0.25) is 4.79 Å². The van der Waals surface area contributed by atoms with Crippen LogP contribution in [0.3, 0.4) is 0 Å². The number of carbonyl (C=O) groups is 1. The van der Waals surface area contributed by atoms with Gasteiger partial charge in [-0.25, -0.2) is 0 Å². The standard InChI is InChI=1S/C13H13Cl2N5O/c14-8-1-2-12(10(15)5-8)20-4-3-9(7-20)17-13(21)11-6-16-19-18-11/h1-2,5-6,9H,3-4,7H2,(H,17,21)(H,16,18,19). The molecule has 1 fully saturated rings. The molecule has 0 radical (unpaired) electrons. The molecule has 2 N–H and O–H groups in total. The van der Waals surface area contributed by atoms with Crippen LogP contribution in [0.1, 0.15) is 16.9 Å². The van der Waals surface area contributed by atoms with E-state index in [1.165, 1.54) is 6.20 Å². The summed E-state index contributed by atoms with van der Waals surface area (Å²) >= 11 is 12.1. The maximum absolute atomic E-state index is 11.9. The van der Waals surface area contributed by atoms with E-state index in [0.717, 1.165) is 18.7 Å². The highest BCUT2D eigenvalue weighted by Gasteiger charge is 2.26. The van der Waals surface area contributed by atoms with Gasteiger partial charge in [0.2, 0.25) is 0 Å². The SMILES string of the molecule is O=C(NC1CCN(c2ccc(Cl)cc2Cl)C1)c1cn[nH]n1. The van der Waals surface area contributed by atoms with E-state index in [4.69, 9.17) is 23.2 Å². The zero-order chi connectivity index (χ0) is 14.8. The van der Waals surface area contributed by atoms with Crippen molar-refractivity contribution in [3.8, 4) is 0 Å². The second-order valence-electron chi connectivity index (χ2n) is 4.86. The van der Waals surface area contributed by atoms with Crippen molar-refractivity contribution in [2.24, 2.45) is 0 Å². The normalized spacial score (nSPS) is 18.0. The number of aromatic nitrogens is 3. The number of hydrogen-bond donors (Lipinski definition) is 2. The zero-order valence-electron chi connectivity index (χ0n) is 11.0. The van der Waals surface area contributed by atoms with Crippen LogP contribution in [-0.2, 0) is 0 Å². The molecule has 1 atom stereocenters. The molecule has 8 heteroatoms. The van der Waals surface area contributed by atoms with E-state index >= 15 is 0 Å². The maximum Gasteiger partial charge on any atom is 0.273 e. The molecule has 1 aromatic carbocycles. The summed E-state index contributed by atoms with van der Waals surface area (Å²) in [7, 11) is 0. The number of nitrogens with zero attached hydrogens (tertiary/aromatic N) is 3. The lowest BCUT2D eigenvalue weighted by Gasteiger charge is -2.20. The van der Waals surface area contributed by atoms with Crippen LogP contribution >= 0.6 is 23.2 Å². The van der Waals surface area contributed by atoms with Gasteiger partial charge in [-0.05, 0) is 24.6 Å². The average molecular weight is 326 g/mol. The summed E-state index contributed by atoms with van der Waals surface area (Å²) in [4.78, 5) is 14.1. The molecule has 3 rings (SSSR count). The lowest BCUT2D eigenvalue weighted by molar-refractivity contribution is 0.0935. The smallest absolute Gasteiger partial charge is 0.273 e. The number of benzene rings is 1. The molecular weight excluding hydrogens is 313 g/mol. The highest BCUT2D eigenvalue weighted by atomic mass is 35.5. The van der Waals surface area contributed by atoms with Crippen LogP contribution in [0, 0.1) is 0 Å². The first kappa shape index (κ1) is 14.2. The Morgan fingerprint density at radius 3 is 3.00 bits per heavy atom. The Morgan fingerprint density at radius 1 is 1.43 bits per heavy atom. The molecule has 1 saturated heterocycles. The van der Waals surface area contributed by atoms with E-state index in [-0.39, 0.29) is 17.6 Å². The van der Waals surface area contributed by atoms with Crippen LogP contribution in [-0.4, -0.2) is 40.4 Å². The number of nitrogens with one attached hydrogen (secondary N) is 2. The van der Waals surface area contributed by atoms with Crippen molar-refractivity contribution in [2.45, 2.75) is 12.5 Å². The first-order valence-electron chi connectivity index (χ1n) is 6.50. The van der Waals surface area contributed by atoms with Crippen LogP contribution in [0.4, 0.5) is 5.69 Å². The topological polar surface area (TPSA) is 73.9 Å². The van der Waals surface area contributed by atoms with E-state index < -0.39 is 0 Å². The van der Waals surface area contributed by atoms with Gasteiger partial charge in [-0.2, -0.15) is 15.4 Å². The van der Waals surface area contributed by atoms with E-state index in [9.17, 15) is 4.79 Å². The fraction of sp³-hybridized carbons (Fsp3) is 0.308. The molecule has 1 aliphatic heterocycles. The molecule has 0 spiro atoms. The molecule has 1 unspecified atom stereocenters. The summed E-state index contributed by atoms with van der Waals surface area (Å²) in [5.41, 5.74) is 1.22. The monoisotopic (exact) mass is 325 g/mol. The maximum atomic E-state index is 11.9. The fourth-order valence-electron chi connectivity index (χ4n) is 2.40. The summed E-state index contributed by atoms with van der Waals surface area (Å²) < 4.78 is 0. The first-order chi connectivity index (χ1) is 10.1. The number of rotatable bonds is 3. The Balaban J connectivity index is 1.64. The van der Waals surface area contributed by atoms with E-state index in [1.54, 1.807) is 6.07 Å². The van der Waals surface area contributed by atoms with Gasteiger partial charge in [0.05, 0.1) is 16.9 Å². The van der Waals surface area contributed by atoms with Crippen molar-refractivity contribution in [3.63, 3.8) is 0 Å². The minimum Gasteiger partial charge on any atom is -0.368 e. The molecule has 0 aliphatic carbocycles. The predicted molar refractivity (Wildman–Crippen MR) is 80.9 cm³/mol. The summed E-state index contributed by atoms with van der Waals surface area (Å²) in [5, 5.41) is 14.0. The Hall–Kier alpha value is -1.79. The van der Waals surface area contributed by atoms with Crippen molar-refractivity contribution >= 4 is 34.8 Å². The summed E-state index contributed by atoms with van der Waals surface area (Å²) in [6, 6.07) is 5.48. The molecular formula is C13H13Cl2N5O. The van der Waals surface area contributed by atoms with Gasteiger partial charge in [0, 0.05) is 24.2 Å². The van der Waals surface area contributed by atoms with Crippen LogP contribution < -0.4 is 10.2 Å². The van der Waals surface area contributed by atoms with Gasteiger partial charge in [0.1, 0.15) is 0 Å². The summed E-state index contributed by atoms with van der Waals surface area (Å²) in [5.74, 6) is -0.224. The zero-order valence-corrected chi connectivity index (χ0v) is 12.5. The quantitative estimate of drug-likeness (QED) is 0.906. The molecule has 0 bridgehead atoms. The molecule has 110 valence electrons. The Morgan fingerprint density at radius 2 is 2.29 bits per heavy atom. The third-order valence-corrected chi connectivity index (χ3v) is 3.96. The highest BCUT2D eigenvalue weighted by Crippen LogP contribution is 2.31. The van der Waals surface area contributed by atoms with Gasteiger partial charge < -0.3 is 10.2 Å². The summed E-state index contributed by atoms with van der Waals surface area (Å²) in [6.45, 7) is 1.52. The largest absolute Gasteiger partial charge is 0.368 e. The number of amides is 1. The fourth-order valence-corrected chi connectivity index (χ4v) is 2.93. The van der Waals surface area contributed by atoms with Gasteiger partial charge in [-0.1, -0.05) is 23.2 Å². The Bertz CT molecular complexity index is 646. The number of carbonyl (C=O) groups excluding carboxylic acids is 1. The molecule has 0 saturated carbocycles. The minimum absolute atomic E-state index is 0.0564. The molecule has 2 aromatic rings. The number of H-pyrrole nitrogens is 1. The first-order valence-corrected chi connectivity index (χ1v) is 7.25. The Kier molecular flexibility index (Phi) is 3.98. The van der Waals surface area contributed by atoms with Crippen LogP contribution in [0.25, 0.3) is 0 Å². The van der Waals surface area contributed by atoms with Gasteiger partial charge in [0.25, 0.3) is 5.91 Å². The third-order valence-electron chi connectivity index (χ3n) is 3.42. The van der Waals surface area contributed by atoms with Crippen molar-refractivity contribution in [1.29, 1.82) is 0 Å². The average Bonchev–Trinajstić information content (AvgIpc) is 3.09. The number of halogens is 2. The van der Waals surface area contributed by atoms with E-state index in [2.05, 4.69) is 25.6 Å². The molecule has 1 aliphatic rings. The van der Waals surface area contributed by atoms with Crippen LogP contribution in [0.2, 0.25) is 10.0 Å². The van der Waals surface area contributed by atoms with Crippen molar-refractivity contribution in [2.75, 3.05) is 18.0 Å². The lowest BCUT2D eigenvalue weighted by Crippen LogP contribution is -2.37. The van der Waals surface area contributed by atoms with E-state index in [0.29, 0.717) is 16.6 Å². The van der Waals surface area contributed by atoms with Gasteiger partial charge >= 0.3 is 0 Å². The number of anilines is 1. The lowest BCUT2D eigenvalue weighted by atomic mass is 10.2. The molecule has 2 heterocycles. The molecule has 6 nitrogen and oxygen atoms in total. The van der Waals surface area contributed by atoms with Crippen molar-refractivity contribution in [3.05, 3.63) is 40.1 Å². The van der Waals surface area contributed by atoms with Gasteiger partial charge in [-0.15, -0.1) is 0 Å². The third kappa shape index (κ3) is 3.11. The molecule has 1 aromatic heterocycles.